The van der Waals surface area contributed by atoms with E-state index in [1.807, 2.05) is 13.0 Å². The first-order chi connectivity index (χ1) is 14.9. The minimum absolute atomic E-state index is 0.215. The molecule has 0 unspecified atom stereocenters. The maximum Gasteiger partial charge on any atom is 0.324 e. The van der Waals surface area contributed by atoms with Crippen LogP contribution >= 0.6 is 23.2 Å². The predicted molar refractivity (Wildman–Crippen MR) is 124 cm³/mol. The van der Waals surface area contributed by atoms with Crippen LogP contribution < -0.4 is 4.74 Å². The fraction of sp³-hybridized carbons (Fsp3) is 0.708. The first-order valence-electron chi connectivity index (χ1n) is 11.7. The Labute approximate surface area is 195 Å². The highest BCUT2D eigenvalue weighted by Gasteiger charge is 2.47. The lowest BCUT2D eigenvalue weighted by Gasteiger charge is -2.43. The molecule has 0 radical (unpaired) electrons. The summed E-state index contributed by atoms with van der Waals surface area (Å²) in [6.45, 7) is 7.01. The van der Waals surface area contributed by atoms with Crippen LogP contribution in [0.5, 0.6) is 5.75 Å². The van der Waals surface area contributed by atoms with Crippen LogP contribution in [0.3, 0.4) is 0 Å². The Morgan fingerprint density at radius 3 is 2.35 bits per heavy atom. The number of aliphatic carboxylic acids is 1. The van der Waals surface area contributed by atoms with Crippen LogP contribution in [-0.4, -0.2) is 65.2 Å². The Balaban J connectivity index is 1.22. The van der Waals surface area contributed by atoms with Gasteiger partial charge in [0.15, 0.2) is 0 Å². The number of halogens is 2. The summed E-state index contributed by atoms with van der Waals surface area (Å²) in [7, 11) is 0. The van der Waals surface area contributed by atoms with Crippen molar-refractivity contribution < 1.29 is 14.6 Å². The average molecular weight is 469 g/mol. The molecule has 0 spiro atoms. The van der Waals surface area contributed by atoms with Gasteiger partial charge in [-0.2, -0.15) is 0 Å². The molecule has 7 heteroatoms. The molecule has 2 saturated heterocycles. The summed E-state index contributed by atoms with van der Waals surface area (Å²) in [6.07, 6.45) is 8.18. The number of likely N-dealkylation sites (tertiary alicyclic amines) is 2. The predicted octanol–water partition coefficient (Wildman–Crippen LogP) is 5.25. The van der Waals surface area contributed by atoms with E-state index in [0.29, 0.717) is 16.0 Å². The first-order valence-corrected chi connectivity index (χ1v) is 12.5. The number of hydrogen-bond acceptors (Lipinski definition) is 4. The minimum atomic E-state index is -0.609. The van der Waals surface area contributed by atoms with Crippen LogP contribution in [0.25, 0.3) is 0 Å². The summed E-state index contributed by atoms with van der Waals surface area (Å²) in [5, 5.41) is 11.0. The lowest BCUT2D eigenvalue weighted by Crippen LogP contribution is -2.56. The zero-order valence-corrected chi connectivity index (χ0v) is 19.9. The molecule has 172 valence electrons. The molecule has 0 atom stereocenters. The van der Waals surface area contributed by atoms with E-state index in [1.165, 1.54) is 0 Å². The quantitative estimate of drug-likeness (QED) is 0.617. The van der Waals surface area contributed by atoms with Crippen molar-refractivity contribution in [2.45, 2.75) is 69.9 Å². The van der Waals surface area contributed by atoms with Gasteiger partial charge in [0.2, 0.25) is 0 Å². The smallest absolute Gasteiger partial charge is 0.324 e. The van der Waals surface area contributed by atoms with E-state index in [-0.39, 0.29) is 6.10 Å². The van der Waals surface area contributed by atoms with Gasteiger partial charge in [-0.3, -0.25) is 9.69 Å². The van der Waals surface area contributed by atoms with E-state index in [1.54, 1.807) is 6.07 Å². The van der Waals surface area contributed by atoms with Crippen molar-refractivity contribution in [2.75, 3.05) is 32.7 Å². The normalized spacial score (nSPS) is 23.8. The van der Waals surface area contributed by atoms with Crippen molar-refractivity contribution >= 4 is 29.2 Å². The van der Waals surface area contributed by atoms with Crippen molar-refractivity contribution in [3.63, 3.8) is 0 Å². The van der Waals surface area contributed by atoms with Crippen LogP contribution in [0.4, 0.5) is 0 Å². The monoisotopic (exact) mass is 468 g/mol. The topological polar surface area (TPSA) is 53.0 Å². The number of piperidine rings is 2. The highest BCUT2D eigenvalue weighted by molar-refractivity contribution is 6.42. The van der Waals surface area contributed by atoms with Gasteiger partial charge in [-0.15, -0.1) is 0 Å². The molecule has 3 fully saturated rings. The average Bonchev–Trinajstić information content (AvgIpc) is 3.27. The van der Waals surface area contributed by atoms with E-state index in [4.69, 9.17) is 27.9 Å². The van der Waals surface area contributed by atoms with Gasteiger partial charge < -0.3 is 14.7 Å². The molecule has 1 aromatic carbocycles. The Morgan fingerprint density at radius 1 is 1.10 bits per heavy atom. The molecule has 1 aromatic rings. The number of ether oxygens (including phenoxy) is 1. The highest BCUT2D eigenvalue weighted by Crippen LogP contribution is 2.38. The number of carbonyl (C=O) groups is 1. The third-order valence-electron chi connectivity index (χ3n) is 7.68. The van der Waals surface area contributed by atoms with Crippen LogP contribution in [0.2, 0.25) is 10.0 Å². The molecule has 1 N–H and O–H groups in total. The molecule has 3 aliphatic rings. The number of carboxylic acid groups (broad SMARTS) is 1. The molecule has 1 saturated carbocycles. The molecule has 5 nitrogen and oxygen atoms in total. The summed E-state index contributed by atoms with van der Waals surface area (Å²) in [5.74, 6) is 0.889. The van der Waals surface area contributed by atoms with Crippen LogP contribution in [0.15, 0.2) is 12.1 Å². The summed E-state index contributed by atoms with van der Waals surface area (Å²) >= 11 is 12.3. The molecule has 1 aliphatic carbocycles. The van der Waals surface area contributed by atoms with Crippen LogP contribution in [0, 0.1) is 12.8 Å². The van der Waals surface area contributed by atoms with Gasteiger partial charge in [0.25, 0.3) is 0 Å². The van der Waals surface area contributed by atoms with Gasteiger partial charge >= 0.3 is 5.97 Å². The Hall–Kier alpha value is -1.01. The van der Waals surface area contributed by atoms with Gasteiger partial charge in [-0.25, -0.2) is 0 Å². The second-order valence-corrected chi connectivity index (χ2v) is 10.4. The van der Waals surface area contributed by atoms with Gasteiger partial charge in [-0.05, 0) is 76.6 Å². The number of nitrogens with zero attached hydrogens (tertiary/aromatic N) is 2. The number of rotatable bonds is 6. The third kappa shape index (κ3) is 5.00. The van der Waals surface area contributed by atoms with E-state index < -0.39 is 11.5 Å². The van der Waals surface area contributed by atoms with Gasteiger partial charge in [0.1, 0.15) is 17.4 Å². The van der Waals surface area contributed by atoms with E-state index >= 15 is 0 Å². The van der Waals surface area contributed by atoms with Gasteiger partial charge in [0.05, 0.1) is 10.0 Å². The molecular formula is C24H34Cl2N2O3. The maximum absolute atomic E-state index is 12.0. The summed E-state index contributed by atoms with van der Waals surface area (Å²) < 4.78 is 6.23. The highest BCUT2D eigenvalue weighted by atomic mass is 35.5. The lowest BCUT2D eigenvalue weighted by molar-refractivity contribution is -0.152. The maximum atomic E-state index is 12.0. The van der Waals surface area contributed by atoms with Crippen molar-refractivity contribution in [1.29, 1.82) is 0 Å². The van der Waals surface area contributed by atoms with E-state index in [2.05, 4.69) is 9.80 Å². The molecule has 31 heavy (non-hydrogen) atoms. The first kappa shape index (κ1) is 23.2. The minimum Gasteiger partial charge on any atom is -0.490 e. The Morgan fingerprint density at radius 2 is 1.74 bits per heavy atom. The fourth-order valence-corrected chi connectivity index (χ4v) is 6.05. The fourth-order valence-electron chi connectivity index (χ4n) is 5.69. The molecule has 2 heterocycles. The largest absolute Gasteiger partial charge is 0.490 e. The standard InChI is InChI=1S/C24H34Cl2N2O3/c1-17-21(5-4-20(25)22(17)26)31-19-8-12-27(13-9-19)16-18-6-14-28(15-7-18)24(23(29)30)10-2-3-11-24/h4-5,18-19H,2-3,6-16H2,1H3,(H,29,30). The van der Waals surface area contributed by atoms with E-state index in [9.17, 15) is 9.90 Å². The molecule has 0 amide bonds. The molecule has 0 bridgehead atoms. The second kappa shape index (κ2) is 9.86. The molecule has 0 aromatic heterocycles. The van der Waals surface area contributed by atoms with Gasteiger partial charge in [0, 0.05) is 25.2 Å². The van der Waals surface area contributed by atoms with Crippen molar-refractivity contribution in [2.24, 2.45) is 5.92 Å². The van der Waals surface area contributed by atoms with Gasteiger partial charge in [-0.1, -0.05) is 36.0 Å². The second-order valence-electron chi connectivity index (χ2n) is 9.58. The lowest BCUT2D eigenvalue weighted by atomic mass is 9.88. The molecule has 2 aliphatic heterocycles. The van der Waals surface area contributed by atoms with Crippen molar-refractivity contribution in [3.05, 3.63) is 27.7 Å². The van der Waals surface area contributed by atoms with Crippen LogP contribution in [0.1, 0.15) is 56.9 Å². The van der Waals surface area contributed by atoms with Crippen molar-refractivity contribution in [3.8, 4) is 5.75 Å². The SMILES string of the molecule is Cc1c(OC2CCN(CC3CCN(C4(C(=O)O)CCCC4)CC3)CC2)ccc(Cl)c1Cl. The van der Waals surface area contributed by atoms with Crippen molar-refractivity contribution in [1.82, 2.24) is 9.80 Å². The number of hydrogen-bond donors (Lipinski definition) is 1. The zero-order chi connectivity index (χ0) is 22.0. The number of benzene rings is 1. The summed E-state index contributed by atoms with van der Waals surface area (Å²) in [6, 6.07) is 3.71. The summed E-state index contributed by atoms with van der Waals surface area (Å²) in [5.41, 5.74) is 0.327. The Kier molecular flexibility index (Phi) is 7.37. The van der Waals surface area contributed by atoms with E-state index in [0.717, 1.165) is 95.4 Å². The number of carboxylic acids is 1. The van der Waals surface area contributed by atoms with Crippen LogP contribution in [-0.2, 0) is 4.79 Å². The Bertz CT molecular complexity index is 781. The zero-order valence-electron chi connectivity index (χ0n) is 18.4. The summed E-state index contributed by atoms with van der Waals surface area (Å²) in [4.78, 5) is 16.8. The third-order valence-corrected chi connectivity index (χ3v) is 8.58. The molecular weight excluding hydrogens is 435 g/mol. The molecule has 4 rings (SSSR count).